The second-order valence-electron chi connectivity index (χ2n) is 8.73. The number of anilines is 3. The van der Waals surface area contributed by atoms with Gasteiger partial charge < -0.3 is 10.2 Å². The first-order valence-electron chi connectivity index (χ1n) is 11.3. The van der Waals surface area contributed by atoms with Gasteiger partial charge in [0.25, 0.3) is 5.91 Å². The van der Waals surface area contributed by atoms with Crippen molar-refractivity contribution >= 4 is 28.9 Å². The van der Waals surface area contributed by atoms with Crippen molar-refractivity contribution in [3.8, 4) is 0 Å². The van der Waals surface area contributed by atoms with Crippen LogP contribution in [0.25, 0.3) is 0 Å². The molecular formula is C25H32N4O2. The van der Waals surface area contributed by atoms with Gasteiger partial charge in [-0.2, -0.15) is 0 Å². The van der Waals surface area contributed by atoms with Gasteiger partial charge in [0.15, 0.2) is 0 Å². The lowest BCUT2D eigenvalue weighted by Crippen LogP contribution is -2.38. The lowest BCUT2D eigenvalue weighted by molar-refractivity contribution is -0.118. The van der Waals surface area contributed by atoms with Gasteiger partial charge in [-0.25, -0.2) is 0 Å². The number of likely N-dealkylation sites (tertiary alicyclic amines) is 1. The Morgan fingerprint density at radius 1 is 1.10 bits per heavy atom. The van der Waals surface area contributed by atoms with E-state index in [1.807, 2.05) is 49.5 Å². The number of hydrogen-bond acceptors (Lipinski definition) is 4. The van der Waals surface area contributed by atoms with E-state index in [4.69, 9.17) is 0 Å². The number of piperidine rings is 1. The van der Waals surface area contributed by atoms with Crippen LogP contribution in [-0.4, -0.2) is 61.4 Å². The summed E-state index contributed by atoms with van der Waals surface area (Å²) in [5.74, 6) is -0.225. The highest BCUT2D eigenvalue weighted by molar-refractivity contribution is 6.17. The molecule has 1 unspecified atom stereocenters. The van der Waals surface area contributed by atoms with Crippen LogP contribution in [0.3, 0.4) is 0 Å². The van der Waals surface area contributed by atoms with E-state index in [2.05, 4.69) is 22.2 Å². The van der Waals surface area contributed by atoms with Gasteiger partial charge in [-0.05, 0) is 77.1 Å². The SMILES string of the molecule is CN(CCCC1CCCCN1C)CC(=O)N1c2ccccc2NC(=O)c2ccccc21. The first-order valence-corrected chi connectivity index (χ1v) is 11.3. The standard InChI is InChI=1S/C25H32N4O2/c1-27(16-9-11-19-10-7-8-17-28(19)2)18-24(30)29-22-14-5-3-12-20(22)25(31)26-21-13-4-6-15-23(21)29/h3-6,12-15,19H,7-11,16-18H2,1-2H3,(H,26,31). The van der Waals surface area contributed by atoms with Gasteiger partial charge in [0, 0.05) is 6.04 Å². The van der Waals surface area contributed by atoms with Crippen LogP contribution in [0, 0.1) is 0 Å². The summed E-state index contributed by atoms with van der Waals surface area (Å²) in [7, 11) is 4.22. The molecule has 0 aromatic heterocycles. The minimum atomic E-state index is -0.191. The molecule has 0 aliphatic carbocycles. The second-order valence-corrected chi connectivity index (χ2v) is 8.73. The van der Waals surface area contributed by atoms with E-state index >= 15 is 0 Å². The van der Waals surface area contributed by atoms with Crippen LogP contribution >= 0.6 is 0 Å². The maximum Gasteiger partial charge on any atom is 0.257 e. The maximum absolute atomic E-state index is 13.4. The van der Waals surface area contributed by atoms with E-state index in [0.717, 1.165) is 13.0 Å². The monoisotopic (exact) mass is 420 g/mol. The molecule has 1 saturated heterocycles. The number of para-hydroxylation sites is 3. The fraction of sp³-hybridized carbons (Fsp3) is 0.440. The number of carbonyl (C=O) groups excluding carboxylic acids is 2. The maximum atomic E-state index is 13.4. The molecule has 1 N–H and O–H groups in total. The molecule has 2 amide bonds. The molecule has 2 heterocycles. The Labute approximate surface area is 184 Å². The Morgan fingerprint density at radius 2 is 1.84 bits per heavy atom. The van der Waals surface area contributed by atoms with Crippen LogP contribution in [0.2, 0.25) is 0 Å². The van der Waals surface area contributed by atoms with Crippen molar-refractivity contribution in [2.24, 2.45) is 0 Å². The fourth-order valence-electron chi connectivity index (χ4n) is 4.71. The number of hydrogen-bond donors (Lipinski definition) is 1. The summed E-state index contributed by atoms with van der Waals surface area (Å²) in [5, 5.41) is 2.94. The summed E-state index contributed by atoms with van der Waals surface area (Å²) in [5.41, 5.74) is 2.50. The normalized spacial score (nSPS) is 18.9. The molecule has 0 spiro atoms. The van der Waals surface area contributed by atoms with Gasteiger partial charge in [0.05, 0.1) is 29.2 Å². The van der Waals surface area contributed by atoms with Crippen molar-refractivity contribution in [1.82, 2.24) is 9.80 Å². The summed E-state index contributed by atoms with van der Waals surface area (Å²) in [4.78, 5) is 32.4. The molecular weight excluding hydrogens is 388 g/mol. The van der Waals surface area contributed by atoms with E-state index in [1.165, 1.54) is 32.2 Å². The smallest absolute Gasteiger partial charge is 0.257 e. The average molecular weight is 421 g/mol. The van der Waals surface area contributed by atoms with Crippen molar-refractivity contribution < 1.29 is 9.59 Å². The number of nitrogens with one attached hydrogen (secondary N) is 1. The van der Waals surface area contributed by atoms with E-state index in [9.17, 15) is 9.59 Å². The molecule has 2 aromatic rings. The quantitative estimate of drug-likeness (QED) is 0.764. The summed E-state index contributed by atoms with van der Waals surface area (Å²) < 4.78 is 0. The zero-order valence-corrected chi connectivity index (χ0v) is 18.5. The Morgan fingerprint density at radius 3 is 2.65 bits per heavy atom. The average Bonchev–Trinajstić information content (AvgIpc) is 2.89. The van der Waals surface area contributed by atoms with E-state index < -0.39 is 0 Å². The summed E-state index contributed by atoms with van der Waals surface area (Å²) in [6.45, 7) is 2.38. The molecule has 1 fully saturated rings. The van der Waals surface area contributed by atoms with Gasteiger partial charge in [-0.3, -0.25) is 19.4 Å². The Hall–Kier alpha value is -2.70. The van der Waals surface area contributed by atoms with Crippen molar-refractivity contribution in [3.63, 3.8) is 0 Å². The van der Waals surface area contributed by atoms with Crippen molar-refractivity contribution in [3.05, 3.63) is 54.1 Å². The van der Waals surface area contributed by atoms with Crippen molar-refractivity contribution in [1.29, 1.82) is 0 Å². The first kappa shape index (κ1) is 21.5. The minimum Gasteiger partial charge on any atom is -0.320 e. The van der Waals surface area contributed by atoms with E-state index in [0.29, 0.717) is 35.2 Å². The Bertz CT molecular complexity index is 945. The summed E-state index contributed by atoms with van der Waals surface area (Å²) >= 11 is 0. The molecule has 1 atom stereocenters. The van der Waals surface area contributed by atoms with Crippen molar-refractivity contribution in [2.75, 3.05) is 43.9 Å². The zero-order chi connectivity index (χ0) is 21.8. The number of carbonyl (C=O) groups is 2. The van der Waals surface area contributed by atoms with Gasteiger partial charge in [0.1, 0.15) is 0 Å². The molecule has 6 heteroatoms. The van der Waals surface area contributed by atoms with Crippen LogP contribution < -0.4 is 10.2 Å². The van der Waals surface area contributed by atoms with Crippen LogP contribution in [0.5, 0.6) is 0 Å². The number of fused-ring (bicyclic) bond motifs is 2. The minimum absolute atomic E-state index is 0.0336. The molecule has 2 aliphatic rings. The van der Waals surface area contributed by atoms with Crippen LogP contribution in [0.15, 0.2) is 48.5 Å². The highest BCUT2D eigenvalue weighted by atomic mass is 16.2. The predicted molar refractivity (Wildman–Crippen MR) is 125 cm³/mol. The van der Waals surface area contributed by atoms with Crippen LogP contribution in [0.1, 0.15) is 42.5 Å². The molecule has 4 rings (SSSR count). The third-order valence-corrected chi connectivity index (χ3v) is 6.44. The van der Waals surface area contributed by atoms with Gasteiger partial charge in [0.2, 0.25) is 5.91 Å². The summed E-state index contributed by atoms with van der Waals surface area (Å²) in [6.07, 6.45) is 6.15. The number of nitrogens with zero attached hydrogens (tertiary/aromatic N) is 3. The molecule has 2 aliphatic heterocycles. The highest BCUT2D eigenvalue weighted by Crippen LogP contribution is 2.37. The molecule has 164 valence electrons. The number of benzene rings is 2. The largest absolute Gasteiger partial charge is 0.320 e. The van der Waals surface area contributed by atoms with Gasteiger partial charge >= 0.3 is 0 Å². The number of amides is 2. The molecule has 31 heavy (non-hydrogen) atoms. The lowest BCUT2D eigenvalue weighted by Gasteiger charge is -2.33. The fourth-order valence-corrected chi connectivity index (χ4v) is 4.71. The lowest BCUT2D eigenvalue weighted by atomic mass is 9.98. The van der Waals surface area contributed by atoms with E-state index in [1.54, 1.807) is 11.0 Å². The molecule has 0 radical (unpaired) electrons. The first-order chi connectivity index (χ1) is 15.0. The third-order valence-electron chi connectivity index (χ3n) is 6.44. The van der Waals surface area contributed by atoms with Crippen LogP contribution in [-0.2, 0) is 4.79 Å². The van der Waals surface area contributed by atoms with Crippen LogP contribution in [0.4, 0.5) is 17.1 Å². The second kappa shape index (κ2) is 9.62. The third kappa shape index (κ3) is 4.81. The topological polar surface area (TPSA) is 55.9 Å². The Kier molecular flexibility index (Phi) is 6.68. The molecule has 0 saturated carbocycles. The molecule has 2 aromatic carbocycles. The van der Waals surface area contributed by atoms with Gasteiger partial charge in [-0.1, -0.05) is 30.7 Å². The van der Waals surface area contributed by atoms with Crippen molar-refractivity contribution in [2.45, 2.75) is 38.1 Å². The van der Waals surface area contributed by atoms with E-state index in [-0.39, 0.29) is 11.8 Å². The number of likely N-dealkylation sites (N-methyl/N-ethyl adjacent to an activating group) is 1. The Balaban J connectivity index is 1.46. The summed E-state index contributed by atoms with van der Waals surface area (Å²) in [6, 6.07) is 15.4. The van der Waals surface area contributed by atoms with Gasteiger partial charge in [-0.15, -0.1) is 0 Å². The highest BCUT2D eigenvalue weighted by Gasteiger charge is 2.29. The number of rotatable bonds is 6. The molecule has 0 bridgehead atoms. The molecule has 6 nitrogen and oxygen atoms in total. The zero-order valence-electron chi connectivity index (χ0n) is 18.5. The predicted octanol–water partition coefficient (Wildman–Crippen LogP) is 4.11.